The van der Waals surface area contributed by atoms with Gasteiger partial charge in [-0.3, -0.25) is 4.79 Å². The Hall–Kier alpha value is -2.10. The summed E-state index contributed by atoms with van der Waals surface area (Å²) in [4.78, 5) is 14.3. The smallest absolute Gasteiger partial charge is 0.264 e. The van der Waals surface area contributed by atoms with Crippen molar-refractivity contribution in [3.8, 4) is 6.07 Å². The molecule has 1 atom stereocenters. The number of aliphatic hydroxyl groups is 1. The van der Waals surface area contributed by atoms with E-state index in [1.165, 1.54) is 0 Å². The standard InChI is InChI=1S/C19H27N3O3/c1-13-9-16(15(3)22(13)14(2)12-25-4)10-17(11-20)19(24)21-7-5-18(23)6-8-21/h9-10,14,18,23H,5-8,12H2,1-4H3/b17-10-. The predicted molar refractivity (Wildman–Crippen MR) is 95.9 cm³/mol. The van der Waals surface area contributed by atoms with Gasteiger partial charge in [-0.1, -0.05) is 0 Å². The van der Waals surface area contributed by atoms with E-state index in [9.17, 15) is 15.2 Å². The molecule has 1 amide bonds. The van der Waals surface area contributed by atoms with Gasteiger partial charge in [-0.2, -0.15) is 5.26 Å². The lowest BCUT2D eigenvalue weighted by molar-refractivity contribution is -0.128. The minimum atomic E-state index is -0.347. The maximum absolute atomic E-state index is 12.6. The molecular formula is C19H27N3O3. The molecule has 0 aliphatic carbocycles. The number of ether oxygens (including phenoxy) is 1. The molecule has 6 heteroatoms. The van der Waals surface area contributed by atoms with Crippen molar-refractivity contribution in [1.29, 1.82) is 5.26 Å². The van der Waals surface area contributed by atoms with E-state index in [1.807, 2.05) is 26.0 Å². The highest BCUT2D eigenvalue weighted by Crippen LogP contribution is 2.23. The third-order valence-electron chi connectivity index (χ3n) is 4.77. The van der Waals surface area contributed by atoms with Gasteiger partial charge in [0.25, 0.3) is 5.91 Å². The quantitative estimate of drug-likeness (QED) is 0.655. The van der Waals surface area contributed by atoms with Gasteiger partial charge >= 0.3 is 0 Å². The molecule has 6 nitrogen and oxygen atoms in total. The van der Waals surface area contributed by atoms with E-state index in [1.54, 1.807) is 18.1 Å². The van der Waals surface area contributed by atoms with Crippen LogP contribution in [0.15, 0.2) is 11.6 Å². The van der Waals surface area contributed by atoms with Gasteiger partial charge in [0.05, 0.1) is 18.8 Å². The van der Waals surface area contributed by atoms with Gasteiger partial charge in [-0.05, 0) is 51.3 Å². The van der Waals surface area contributed by atoms with Crippen molar-refractivity contribution in [2.24, 2.45) is 0 Å². The van der Waals surface area contributed by atoms with Crippen LogP contribution >= 0.6 is 0 Å². The van der Waals surface area contributed by atoms with E-state index in [4.69, 9.17) is 4.74 Å². The van der Waals surface area contributed by atoms with E-state index in [0.717, 1.165) is 17.0 Å². The number of piperidine rings is 1. The van der Waals surface area contributed by atoms with E-state index in [2.05, 4.69) is 11.5 Å². The number of amides is 1. The molecule has 1 aromatic rings. The molecule has 1 fully saturated rings. The fourth-order valence-electron chi connectivity index (χ4n) is 3.48. The molecule has 2 heterocycles. The largest absolute Gasteiger partial charge is 0.393 e. The fourth-order valence-corrected chi connectivity index (χ4v) is 3.48. The topological polar surface area (TPSA) is 78.5 Å². The van der Waals surface area contributed by atoms with Gasteiger partial charge in [0, 0.05) is 31.6 Å². The average Bonchev–Trinajstić information content (AvgIpc) is 2.86. The third-order valence-corrected chi connectivity index (χ3v) is 4.77. The molecule has 25 heavy (non-hydrogen) atoms. The normalized spacial score (nSPS) is 17.4. The summed E-state index contributed by atoms with van der Waals surface area (Å²) in [7, 11) is 1.67. The molecule has 0 aromatic carbocycles. The summed E-state index contributed by atoms with van der Waals surface area (Å²) < 4.78 is 7.39. The van der Waals surface area contributed by atoms with Gasteiger partial charge in [0.15, 0.2) is 0 Å². The Morgan fingerprint density at radius 3 is 2.68 bits per heavy atom. The molecule has 1 N–H and O–H groups in total. The Labute approximate surface area is 149 Å². The number of nitriles is 1. The van der Waals surface area contributed by atoms with E-state index in [0.29, 0.717) is 32.5 Å². The minimum absolute atomic E-state index is 0.135. The number of nitrogens with zero attached hydrogens (tertiary/aromatic N) is 3. The molecular weight excluding hydrogens is 318 g/mol. The number of likely N-dealkylation sites (tertiary alicyclic amines) is 1. The monoisotopic (exact) mass is 345 g/mol. The fraction of sp³-hybridized carbons (Fsp3) is 0.579. The molecule has 0 bridgehead atoms. The first-order valence-electron chi connectivity index (χ1n) is 8.65. The number of methoxy groups -OCH3 is 1. The zero-order valence-electron chi connectivity index (χ0n) is 15.5. The number of aromatic nitrogens is 1. The van der Waals surface area contributed by atoms with Crippen LogP contribution in [0.4, 0.5) is 0 Å². The molecule has 0 spiro atoms. The molecule has 1 aliphatic rings. The first kappa shape index (κ1) is 19.2. The molecule has 0 radical (unpaired) electrons. The van der Waals surface area contributed by atoms with Crippen LogP contribution in [-0.2, 0) is 9.53 Å². The summed E-state index contributed by atoms with van der Waals surface area (Å²) in [5.41, 5.74) is 3.09. The lowest BCUT2D eigenvalue weighted by Crippen LogP contribution is -2.40. The van der Waals surface area contributed by atoms with Crippen LogP contribution < -0.4 is 0 Å². The SMILES string of the molecule is COCC(C)n1c(C)cc(/C=C(/C#N)C(=O)N2CCC(O)CC2)c1C. The maximum Gasteiger partial charge on any atom is 0.264 e. The molecule has 2 rings (SSSR count). The van der Waals surface area contributed by atoms with Crippen molar-refractivity contribution in [2.75, 3.05) is 26.8 Å². The second kappa shape index (κ2) is 8.32. The first-order valence-corrected chi connectivity index (χ1v) is 8.65. The number of carbonyl (C=O) groups is 1. The Balaban J connectivity index is 2.26. The molecule has 1 aliphatic heterocycles. The first-order chi connectivity index (χ1) is 11.9. The van der Waals surface area contributed by atoms with E-state index in [-0.39, 0.29) is 23.6 Å². The zero-order valence-corrected chi connectivity index (χ0v) is 15.5. The summed E-state index contributed by atoms with van der Waals surface area (Å²) in [6, 6.07) is 4.21. The van der Waals surface area contributed by atoms with Gasteiger partial charge < -0.3 is 19.3 Å². The average molecular weight is 345 g/mol. The van der Waals surface area contributed by atoms with Gasteiger partial charge in [0.2, 0.25) is 0 Å². The van der Waals surface area contributed by atoms with Crippen molar-refractivity contribution in [3.05, 3.63) is 28.6 Å². The molecule has 1 saturated heterocycles. The lowest BCUT2D eigenvalue weighted by Gasteiger charge is -2.29. The minimum Gasteiger partial charge on any atom is -0.393 e. The Morgan fingerprint density at radius 2 is 2.12 bits per heavy atom. The van der Waals surface area contributed by atoms with Crippen LogP contribution in [0.3, 0.4) is 0 Å². The van der Waals surface area contributed by atoms with Gasteiger partial charge in [-0.15, -0.1) is 0 Å². The van der Waals surface area contributed by atoms with Crippen molar-refractivity contribution in [3.63, 3.8) is 0 Å². The second-order valence-electron chi connectivity index (χ2n) is 6.69. The van der Waals surface area contributed by atoms with E-state index < -0.39 is 0 Å². The summed E-state index contributed by atoms with van der Waals surface area (Å²) in [6.45, 7) is 7.65. The Kier molecular flexibility index (Phi) is 6.40. The molecule has 1 unspecified atom stereocenters. The summed E-state index contributed by atoms with van der Waals surface area (Å²) >= 11 is 0. The lowest BCUT2D eigenvalue weighted by atomic mass is 10.1. The van der Waals surface area contributed by atoms with Crippen LogP contribution in [0.1, 0.15) is 42.8 Å². The highest BCUT2D eigenvalue weighted by molar-refractivity contribution is 6.01. The van der Waals surface area contributed by atoms with Gasteiger partial charge in [-0.25, -0.2) is 0 Å². The molecule has 136 valence electrons. The number of aryl methyl sites for hydroxylation is 1. The number of carbonyl (C=O) groups excluding carboxylic acids is 1. The summed E-state index contributed by atoms with van der Waals surface area (Å²) in [5, 5.41) is 19.0. The van der Waals surface area contributed by atoms with Crippen LogP contribution in [0.2, 0.25) is 0 Å². The summed E-state index contributed by atoms with van der Waals surface area (Å²) in [5.74, 6) is -0.260. The number of aliphatic hydroxyl groups excluding tert-OH is 1. The van der Waals surface area contributed by atoms with Gasteiger partial charge in [0.1, 0.15) is 11.6 Å². The second-order valence-corrected chi connectivity index (χ2v) is 6.69. The van der Waals surface area contributed by atoms with Crippen LogP contribution in [-0.4, -0.2) is 53.4 Å². The number of hydrogen-bond donors (Lipinski definition) is 1. The van der Waals surface area contributed by atoms with Crippen molar-refractivity contribution < 1.29 is 14.6 Å². The Morgan fingerprint density at radius 1 is 1.48 bits per heavy atom. The number of hydrogen-bond acceptors (Lipinski definition) is 4. The molecule has 1 aromatic heterocycles. The van der Waals surface area contributed by atoms with Crippen molar-refractivity contribution in [1.82, 2.24) is 9.47 Å². The summed E-state index contributed by atoms with van der Waals surface area (Å²) in [6.07, 6.45) is 2.45. The zero-order chi connectivity index (χ0) is 18.6. The molecule has 0 saturated carbocycles. The third kappa shape index (κ3) is 4.30. The predicted octanol–water partition coefficient (Wildman–Crippen LogP) is 2.20. The van der Waals surface area contributed by atoms with Crippen LogP contribution in [0, 0.1) is 25.2 Å². The van der Waals surface area contributed by atoms with Crippen molar-refractivity contribution in [2.45, 2.75) is 45.8 Å². The van der Waals surface area contributed by atoms with Crippen LogP contribution in [0.5, 0.6) is 0 Å². The highest BCUT2D eigenvalue weighted by atomic mass is 16.5. The van der Waals surface area contributed by atoms with Crippen molar-refractivity contribution >= 4 is 12.0 Å². The highest BCUT2D eigenvalue weighted by Gasteiger charge is 2.24. The Bertz CT molecular complexity index is 692. The van der Waals surface area contributed by atoms with Crippen LogP contribution in [0.25, 0.3) is 6.08 Å². The number of rotatable bonds is 5. The van der Waals surface area contributed by atoms with E-state index >= 15 is 0 Å². The maximum atomic E-state index is 12.6.